The lowest BCUT2D eigenvalue weighted by Crippen LogP contribution is -2.40. The second-order valence-corrected chi connectivity index (χ2v) is 8.42. The molecule has 0 saturated carbocycles. The van der Waals surface area contributed by atoms with Crippen molar-refractivity contribution in [3.8, 4) is 0 Å². The molecule has 0 spiro atoms. The third-order valence-corrected chi connectivity index (χ3v) is 5.77. The van der Waals surface area contributed by atoms with E-state index in [1.807, 2.05) is 13.0 Å². The van der Waals surface area contributed by atoms with Gasteiger partial charge in [-0.1, -0.05) is 30.3 Å². The highest BCUT2D eigenvalue weighted by Gasteiger charge is 2.24. The van der Waals surface area contributed by atoms with Crippen LogP contribution in [0.1, 0.15) is 25.8 Å². The zero-order valence-corrected chi connectivity index (χ0v) is 16.1. The molecular formula is C18H30N4O2S. The molecule has 1 heterocycles. The summed E-state index contributed by atoms with van der Waals surface area (Å²) in [5.41, 5.74) is 1.38. The molecule has 2 rings (SSSR count). The summed E-state index contributed by atoms with van der Waals surface area (Å²) < 4.78 is 25.5. The van der Waals surface area contributed by atoms with Crippen LogP contribution < -0.4 is 10.0 Å². The Hall–Kier alpha value is -1.60. The molecule has 6 nitrogen and oxygen atoms in total. The molecule has 0 aliphatic carbocycles. The second kappa shape index (κ2) is 9.77. The normalized spacial score (nSPS) is 18.6. The molecule has 140 valence electrons. The minimum absolute atomic E-state index is 0.101. The van der Waals surface area contributed by atoms with E-state index in [9.17, 15) is 8.42 Å². The molecule has 1 aliphatic heterocycles. The highest BCUT2D eigenvalue weighted by Crippen LogP contribution is 2.20. The van der Waals surface area contributed by atoms with Crippen molar-refractivity contribution in [2.45, 2.75) is 26.7 Å². The van der Waals surface area contributed by atoms with Crippen LogP contribution in [-0.4, -0.2) is 57.8 Å². The van der Waals surface area contributed by atoms with Gasteiger partial charge in [-0.15, -0.1) is 0 Å². The van der Waals surface area contributed by atoms with E-state index in [1.54, 1.807) is 6.92 Å². The van der Waals surface area contributed by atoms with Gasteiger partial charge in [-0.3, -0.25) is 4.99 Å². The lowest BCUT2D eigenvalue weighted by Gasteiger charge is -2.21. The van der Waals surface area contributed by atoms with Gasteiger partial charge in [-0.2, -0.15) is 0 Å². The first-order valence-electron chi connectivity index (χ1n) is 9.08. The number of sulfonamides is 1. The molecular weight excluding hydrogens is 336 g/mol. The van der Waals surface area contributed by atoms with Gasteiger partial charge in [0.2, 0.25) is 10.0 Å². The molecule has 1 aliphatic rings. The topological polar surface area (TPSA) is 73.8 Å². The monoisotopic (exact) mass is 366 g/mol. The number of rotatable bonds is 8. The van der Waals surface area contributed by atoms with E-state index in [-0.39, 0.29) is 5.75 Å². The van der Waals surface area contributed by atoms with Gasteiger partial charge < -0.3 is 10.2 Å². The summed E-state index contributed by atoms with van der Waals surface area (Å²) >= 11 is 0. The Kier molecular flexibility index (Phi) is 7.71. The summed E-state index contributed by atoms with van der Waals surface area (Å²) in [4.78, 5) is 6.86. The molecule has 1 atom stereocenters. The van der Waals surface area contributed by atoms with Crippen LogP contribution in [0.5, 0.6) is 0 Å². The Morgan fingerprint density at radius 1 is 1.28 bits per heavy atom. The number of likely N-dealkylation sites (tertiary alicyclic amines) is 1. The Balaban J connectivity index is 1.86. The van der Waals surface area contributed by atoms with Gasteiger partial charge >= 0.3 is 0 Å². The third-order valence-electron chi connectivity index (χ3n) is 4.36. The Morgan fingerprint density at radius 2 is 2.04 bits per heavy atom. The molecule has 2 N–H and O–H groups in total. The Labute approximate surface area is 151 Å². The minimum Gasteiger partial charge on any atom is -0.357 e. The summed E-state index contributed by atoms with van der Waals surface area (Å²) in [5, 5.41) is 3.32. The van der Waals surface area contributed by atoms with Crippen LogP contribution in [0.2, 0.25) is 0 Å². The smallest absolute Gasteiger partial charge is 0.211 e. The molecule has 0 amide bonds. The highest BCUT2D eigenvalue weighted by atomic mass is 32.2. The van der Waals surface area contributed by atoms with E-state index in [0.717, 1.165) is 38.4 Å². The van der Waals surface area contributed by atoms with E-state index in [0.29, 0.717) is 19.0 Å². The molecule has 0 bridgehead atoms. The Bertz CT molecular complexity index is 646. The predicted molar refractivity (Wildman–Crippen MR) is 103 cm³/mol. The van der Waals surface area contributed by atoms with E-state index in [4.69, 9.17) is 0 Å². The first-order chi connectivity index (χ1) is 12.0. The van der Waals surface area contributed by atoms with Gasteiger partial charge in [0, 0.05) is 26.2 Å². The number of hydrogen-bond donors (Lipinski definition) is 2. The maximum absolute atomic E-state index is 11.5. The third kappa shape index (κ3) is 6.66. The number of nitrogens with zero attached hydrogens (tertiary/aromatic N) is 2. The number of nitrogens with one attached hydrogen (secondary N) is 2. The van der Waals surface area contributed by atoms with E-state index in [1.165, 1.54) is 5.56 Å². The molecule has 0 aromatic heterocycles. The van der Waals surface area contributed by atoms with Gasteiger partial charge in [0.15, 0.2) is 5.96 Å². The lowest BCUT2D eigenvalue weighted by atomic mass is 9.99. The van der Waals surface area contributed by atoms with Gasteiger partial charge in [-0.25, -0.2) is 13.1 Å². The maximum Gasteiger partial charge on any atom is 0.211 e. The summed E-state index contributed by atoms with van der Waals surface area (Å²) in [6, 6.07) is 10.6. The molecule has 25 heavy (non-hydrogen) atoms. The summed E-state index contributed by atoms with van der Waals surface area (Å²) in [6.45, 7) is 7.25. The fourth-order valence-corrected chi connectivity index (χ4v) is 3.64. The van der Waals surface area contributed by atoms with Crippen molar-refractivity contribution in [2.24, 2.45) is 10.9 Å². The van der Waals surface area contributed by atoms with Crippen LogP contribution in [0.15, 0.2) is 35.3 Å². The number of aliphatic imine (C=N–C) groups is 1. The first kappa shape index (κ1) is 19.7. The zero-order chi connectivity index (χ0) is 18.1. The van der Waals surface area contributed by atoms with Crippen LogP contribution in [0.25, 0.3) is 0 Å². The molecule has 1 aromatic rings. The predicted octanol–water partition coefficient (Wildman–Crippen LogP) is 1.46. The standard InChI is InChI=1S/C18H30N4O2S/c1-3-19-18(20-11-12-21-25(23,24)4-2)22-13-10-17(15-22)14-16-8-6-5-7-9-16/h5-9,17,21H,3-4,10-15H2,1-2H3,(H,19,20). The van der Waals surface area contributed by atoms with Gasteiger partial charge in [0.25, 0.3) is 0 Å². The summed E-state index contributed by atoms with van der Waals surface area (Å²) in [6.07, 6.45) is 2.24. The van der Waals surface area contributed by atoms with Crippen LogP contribution in [-0.2, 0) is 16.4 Å². The number of hydrogen-bond acceptors (Lipinski definition) is 3. The lowest BCUT2D eigenvalue weighted by molar-refractivity contribution is 0.460. The largest absolute Gasteiger partial charge is 0.357 e. The van der Waals surface area contributed by atoms with Crippen LogP contribution in [0.3, 0.4) is 0 Å². The summed E-state index contributed by atoms with van der Waals surface area (Å²) in [5.74, 6) is 1.61. The van der Waals surface area contributed by atoms with Crippen molar-refractivity contribution in [2.75, 3.05) is 38.5 Å². The minimum atomic E-state index is -3.15. The van der Waals surface area contributed by atoms with Crippen molar-refractivity contribution in [3.05, 3.63) is 35.9 Å². The highest BCUT2D eigenvalue weighted by molar-refractivity contribution is 7.89. The average molecular weight is 367 g/mol. The molecule has 0 radical (unpaired) electrons. The summed E-state index contributed by atoms with van der Waals surface area (Å²) in [7, 11) is -3.15. The molecule has 1 aromatic carbocycles. The van der Waals surface area contributed by atoms with Crippen molar-refractivity contribution in [1.29, 1.82) is 0 Å². The average Bonchev–Trinajstić information content (AvgIpc) is 3.07. The van der Waals surface area contributed by atoms with E-state index < -0.39 is 10.0 Å². The molecule has 7 heteroatoms. The van der Waals surface area contributed by atoms with Gasteiger partial charge in [0.1, 0.15) is 0 Å². The first-order valence-corrected chi connectivity index (χ1v) is 10.7. The quantitative estimate of drug-likeness (QED) is 0.415. The molecule has 1 saturated heterocycles. The van der Waals surface area contributed by atoms with Gasteiger partial charge in [0.05, 0.1) is 12.3 Å². The van der Waals surface area contributed by atoms with Crippen molar-refractivity contribution in [1.82, 2.24) is 14.9 Å². The van der Waals surface area contributed by atoms with Gasteiger partial charge in [-0.05, 0) is 38.2 Å². The number of guanidine groups is 1. The van der Waals surface area contributed by atoms with Crippen LogP contribution in [0, 0.1) is 5.92 Å². The van der Waals surface area contributed by atoms with Crippen molar-refractivity contribution >= 4 is 16.0 Å². The molecule has 1 fully saturated rings. The van der Waals surface area contributed by atoms with E-state index in [2.05, 4.69) is 44.2 Å². The fourth-order valence-electron chi connectivity index (χ4n) is 3.03. The fraction of sp³-hybridized carbons (Fsp3) is 0.611. The van der Waals surface area contributed by atoms with Crippen molar-refractivity contribution < 1.29 is 8.42 Å². The van der Waals surface area contributed by atoms with Crippen molar-refractivity contribution in [3.63, 3.8) is 0 Å². The SMILES string of the molecule is CCNC(=NCCNS(=O)(=O)CC)N1CCC(Cc2ccccc2)C1. The zero-order valence-electron chi connectivity index (χ0n) is 15.2. The van der Waals surface area contributed by atoms with E-state index >= 15 is 0 Å². The second-order valence-electron chi connectivity index (χ2n) is 6.32. The van der Waals surface area contributed by atoms with Crippen LogP contribution >= 0.6 is 0 Å². The Morgan fingerprint density at radius 3 is 2.72 bits per heavy atom. The maximum atomic E-state index is 11.5. The number of benzene rings is 1. The molecule has 1 unspecified atom stereocenters. The van der Waals surface area contributed by atoms with Crippen LogP contribution in [0.4, 0.5) is 0 Å².